The number of anilines is 2. The number of carbonyl (C=O) groups excluding carboxylic acids is 3. The lowest BCUT2D eigenvalue weighted by Crippen LogP contribution is -2.53. The second-order valence-corrected chi connectivity index (χ2v) is 11.2. The molecular weight excluding hydrogens is 592 g/mol. The molecular formula is C32H21F2N3O6S. The Morgan fingerprint density at radius 2 is 1.80 bits per heavy atom. The summed E-state index contributed by atoms with van der Waals surface area (Å²) in [6, 6.07) is 15.8. The highest BCUT2D eigenvalue weighted by molar-refractivity contribution is 7.17. The van der Waals surface area contributed by atoms with Gasteiger partial charge in [-0.15, -0.1) is 0 Å². The van der Waals surface area contributed by atoms with Gasteiger partial charge in [-0.25, -0.2) is 18.6 Å². The fourth-order valence-electron chi connectivity index (χ4n) is 5.95. The van der Waals surface area contributed by atoms with Crippen molar-refractivity contribution < 1.29 is 32.3 Å². The highest BCUT2D eigenvalue weighted by atomic mass is 32.1. The Balaban J connectivity index is 1.55. The van der Waals surface area contributed by atoms with Gasteiger partial charge in [0.15, 0.2) is 16.1 Å². The summed E-state index contributed by atoms with van der Waals surface area (Å²) in [6.07, 6.45) is 0. The third-order valence-corrected chi connectivity index (χ3v) is 8.93. The van der Waals surface area contributed by atoms with Gasteiger partial charge in [-0.1, -0.05) is 47.7 Å². The number of carbonyl (C=O) groups is 3. The number of halogens is 2. The summed E-state index contributed by atoms with van der Waals surface area (Å²) in [5.41, 5.74) is -2.31. The molecule has 0 N–H and O–H groups in total. The predicted octanol–water partition coefficient (Wildman–Crippen LogP) is 5.46. The van der Waals surface area contributed by atoms with E-state index in [0.29, 0.717) is 5.69 Å². The van der Waals surface area contributed by atoms with Crippen molar-refractivity contribution in [1.82, 2.24) is 4.98 Å². The lowest BCUT2D eigenvalue weighted by Gasteiger charge is -2.32. The number of ether oxygens (including phenoxy) is 1. The van der Waals surface area contributed by atoms with Crippen LogP contribution in [0.1, 0.15) is 49.5 Å². The minimum atomic E-state index is -2.16. The smallest absolute Gasteiger partial charge is 0.350 e. The molecule has 4 heterocycles. The monoisotopic (exact) mass is 613 g/mol. The number of aromatic nitrogens is 1. The molecule has 9 nitrogen and oxygen atoms in total. The number of amides is 2. The Morgan fingerprint density at radius 1 is 1.05 bits per heavy atom. The normalized spacial score (nSPS) is 17.1. The molecule has 12 heteroatoms. The molecule has 0 fully saturated rings. The van der Waals surface area contributed by atoms with Gasteiger partial charge in [-0.2, -0.15) is 0 Å². The Labute approximate surface area is 251 Å². The number of nitrogens with zero attached hydrogens (tertiary/aromatic N) is 3. The SMILES string of the molecule is CCOC(=O)c1sc(N2C(=O)c3oc4ccc(F)cc4c(=O)c3C23C(=O)N(Cc2ccccc2F)c2ccccc23)nc1C. The van der Waals surface area contributed by atoms with Crippen LogP contribution in [0.3, 0.4) is 0 Å². The molecule has 44 heavy (non-hydrogen) atoms. The quantitative estimate of drug-likeness (QED) is 0.242. The van der Waals surface area contributed by atoms with E-state index in [2.05, 4.69) is 4.98 Å². The number of para-hydroxylation sites is 1. The van der Waals surface area contributed by atoms with Crippen LogP contribution in [0.15, 0.2) is 75.9 Å². The van der Waals surface area contributed by atoms with Crippen molar-refractivity contribution >= 4 is 50.9 Å². The van der Waals surface area contributed by atoms with E-state index in [-0.39, 0.29) is 56.5 Å². The molecule has 3 aromatic carbocycles. The maximum Gasteiger partial charge on any atom is 0.350 e. The van der Waals surface area contributed by atoms with Crippen LogP contribution >= 0.6 is 11.3 Å². The number of rotatable bonds is 5. The van der Waals surface area contributed by atoms with E-state index in [1.807, 2.05) is 0 Å². The van der Waals surface area contributed by atoms with E-state index in [9.17, 15) is 28.0 Å². The van der Waals surface area contributed by atoms with Crippen molar-refractivity contribution in [2.24, 2.45) is 0 Å². The molecule has 0 aliphatic carbocycles. The standard InChI is InChI=1S/C32H21F2N3O6S/c1-3-42-29(40)27-16(2)35-31(44-27)37-28(39)26-24(25(38)19-14-18(33)12-13-23(19)43-26)32(37)20-9-5-7-11-22(20)36(30(32)41)15-17-8-4-6-10-21(17)34/h4-14H,3,15H2,1-2H3. The van der Waals surface area contributed by atoms with Crippen LogP contribution in [0.4, 0.5) is 19.6 Å². The number of hydrogen-bond acceptors (Lipinski definition) is 8. The number of thiazole rings is 1. The highest BCUT2D eigenvalue weighted by Gasteiger charge is 2.66. The van der Waals surface area contributed by atoms with E-state index in [0.717, 1.165) is 28.4 Å². The first-order chi connectivity index (χ1) is 21.2. The molecule has 2 aliphatic rings. The number of esters is 1. The van der Waals surface area contributed by atoms with E-state index in [4.69, 9.17) is 9.15 Å². The third-order valence-electron chi connectivity index (χ3n) is 7.81. The van der Waals surface area contributed by atoms with Gasteiger partial charge in [0.1, 0.15) is 22.1 Å². The van der Waals surface area contributed by atoms with Gasteiger partial charge in [0, 0.05) is 11.1 Å². The highest BCUT2D eigenvalue weighted by Crippen LogP contribution is 2.55. The van der Waals surface area contributed by atoms with Crippen molar-refractivity contribution in [3.63, 3.8) is 0 Å². The lowest BCUT2D eigenvalue weighted by atomic mass is 9.84. The molecule has 2 amide bonds. The maximum atomic E-state index is 14.9. The predicted molar refractivity (Wildman–Crippen MR) is 157 cm³/mol. The van der Waals surface area contributed by atoms with E-state index < -0.39 is 46.1 Å². The largest absolute Gasteiger partial charge is 0.462 e. The second-order valence-electron chi connectivity index (χ2n) is 10.3. The van der Waals surface area contributed by atoms with Crippen LogP contribution in [-0.4, -0.2) is 29.4 Å². The summed E-state index contributed by atoms with van der Waals surface area (Å²) in [5.74, 6) is -3.95. The van der Waals surface area contributed by atoms with Crippen LogP contribution in [-0.2, 0) is 21.6 Å². The Hall–Kier alpha value is -5.23. The minimum Gasteiger partial charge on any atom is -0.462 e. The summed E-state index contributed by atoms with van der Waals surface area (Å²) < 4.78 is 40.3. The third kappa shape index (κ3) is 3.70. The molecule has 1 spiro atoms. The van der Waals surface area contributed by atoms with Gasteiger partial charge in [-0.3, -0.25) is 19.3 Å². The molecule has 0 saturated carbocycles. The average molecular weight is 614 g/mol. The van der Waals surface area contributed by atoms with Gasteiger partial charge in [0.25, 0.3) is 11.8 Å². The molecule has 0 bridgehead atoms. The maximum absolute atomic E-state index is 14.9. The molecule has 5 aromatic rings. The number of benzene rings is 3. The van der Waals surface area contributed by atoms with Gasteiger partial charge in [0.05, 0.1) is 35.5 Å². The average Bonchev–Trinajstić information content (AvgIpc) is 3.59. The molecule has 2 aliphatic heterocycles. The van der Waals surface area contributed by atoms with Crippen LogP contribution in [0.5, 0.6) is 0 Å². The van der Waals surface area contributed by atoms with Gasteiger partial charge in [0.2, 0.25) is 5.76 Å². The van der Waals surface area contributed by atoms with Crippen LogP contribution in [0, 0.1) is 18.6 Å². The van der Waals surface area contributed by atoms with Crippen molar-refractivity contribution in [3.05, 3.63) is 122 Å². The summed E-state index contributed by atoms with van der Waals surface area (Å²) in [7, 11) is 0. The van der Waals surface area contributed by atoms with Crippen LogP contribution in [0.25, 0.3) is 11.0 Å². The first-order valence-corrected chi connectivity index (χ1v) is 14.4. The van der Waals surface area contributed by atoms with Crippen LogP contribution in [0.2, 0.25) is 0 Å². The molecule has 0 radical (unpaired) electrons. The summed E-state index contributed by atoms with van der Waals surface area (Å²) >= 11 is 0.822. The van der Waals surface area contributed by atoms with Crippen molar-refractivity contribution in [2.75, 3.05) is 16.4 Å². The fraction of sp³-hybridized carbons (Fsp3) is 0.156. The van der Waals surface area contributed by atoms with Crippen LogP contribution < -0.4 is 15.2 Å². The zero-order chi connectivity index (χ0) is 30.9. The van der Waals surface area contributed by atoms with Crippen molar-refractivity contribution in [2.45, 2.75) is 25.9 Å². The molecule has 1 atom stereocenters. The van der Waals surface area contributed by atoms with Crippen molar-refractivity contribution in [1.29, 1.82) is 0 Å². The lowest BCUT2D eigenvalue weighted by molar-refractivity contribution is -0.121. The Kier molecular flexibility index (Phi) is 6.22. The van der Waals surface area contributed by atoms with Gasteiger partial charge < -0.3 is 14.1 Å². The van der Waals surface area contributed by atoms with Gasteiger partial charge >= 0.3 is 5.97 Å². The van der Waals surface area contributed by atoms with E-state index in [1.165, 1.54) is 29.2 Å². The van der Waals surface area contributed by atoms with Gasteiger partial charge in [-0.05, 0) is 44.2 Å². The first kappa shape index (κ1) is 27.6. The number of fused-ring (bicyclic) bond motifs is 5. The Morgan fingerprint density at radius 3 is 2.57 bits per heavy atom. The summed E-state index contributed by atoms with van der Waals surface area (Å²) in [4.78, 5) is 63.2. The Bertz CT molecular complexity index is 2130. The fourth-order valence-corrected chi connectivity index (χ4v) is 6.96. The van der Waals surface area contributed by atoms with E-state index in [1.54, 1.807) is 44.2 Å². The zero-order valence-electron chi connectivity index (χ0n) is 23.2. The number of aryl methyl sites for hydroxylation is 1. The molecule has 220 valence electrons. The summed E-state index contributed by atoms with van der Waals surface area (Å²) in [5, 5.41) is -0.231. The second kappa shape index (κ2) is 9.91. The van der Waals surface area contributed by atoms with E-state index >= 15 is 0 Å². The van der Waals surface area contributed by atoms with Crippen molar-refractivity contribution in [3.8, 4) is 0 Å². The topological polar surface area (TPSA) is 110 Å². The summed E-state index contributed by atoms with van der Waals surface area (Å²) in [6.45, 7) is 3.08. The molecule has 1 unspecified atom stereocenters. The number of hydrogen-bond donors (Lipinski definition) is 0. The first-order valence-electron chi connectivity index (χ1n) is 13.6. The zero-order valence-corrected chi connectivity index (χ0v) is 24.0. The molecule has 0 saturated heterocycles. The minimum absolute atomic E-state index is 0.0509. The molecule has 2 aromatic heterocycles. The molecule has 7 rings (SSSR count).